The van der Waals surface area contributed by atoms with Gasteiger partial charge in [0.2, 0.25) is 0 Å². The molecule has 2 aliphatic rings. The van der Waals surface area contributed by atoms with Crippen LogP contribution in [0, 0.1) is 5.41 Å². The molecule has 0 fully saturated rings. The summed E-state index contributed by atoms with van der Waals surface area (Å²) < 4.78 is 45.4. The second-order valence-electron chi connectivity index (χ2n) is 9.19. The molecule has 2 N–H and O–H groups in total. The van der Waals surface area contributed by atoms with Gasteiger partial charge in [0.15, 0.2) is 5.78 Å². The fourth-order valence-electron chi connectivity index (χ4n) is 4.72. The smallest absolute Gasteiger partial charge is 0.416 e. The summed E-state index contributed by atoms with van der Waals surface area (Å²) in [5.41, 5.74) is 6.64. The predicted octanol–water partition coefficient (Wildman–Crippen LogP) is 4.69. The zero-order valence-corrected chi connectivity index (χ0v) is 18.9. The Labute approximate surface area is 194 Å². The number of methoxy groups -OCH3 is 1. The van der Waals surface area contributed by atoms with Gasteiger partial charge in [-0.2, -0.15) is 13.2 Å². The highest BCUT2D eigenvalue weighted by molar-refractivity contribution is 6.05. The van der Waals surface area contributed by atoms with Gasteiger partial charge in [-0.15, -0.1) is 0 Å². The predicted molar refractivity (Wildman–Crippen MR) is 119 cm³/mol. The van der Waals surface area contributed by atoms with E-state index in [1.807, 2.05) is 13.8 Å². The number of hydrogen-bond acceptors (Lipinski definition) is 6. The topological polar surface area (TPSA) is 85.5 Å². The van der Waals surface area contributed by atoms with Crippen LogP contribution >= 0.6 is 0 Å². The highest BCUT2D eigenvalue weighted by atomic mass is 19.4. The summed E-state index contributed by atoms with van der Waals surface area (Å²) in [6.45, 7) is 3.82. The van der Waals surface area contributed by atoms with Gasteiger partial charge in [-0.3, -0.25) is 14.7 Å². The van der Waals surface area contributed by atoms with E-state index in [0.717, 1.165) is 12.1 Å². The lowest BCUT2D eigenvalue weighted by Gasteiger charge is -2.44. The summed E-state index contributed by atoms with van der Waals surface area (Å²) in [5.74, 6) is -1.90. The van der Waals surface area contributed by atoms with Crippen LogP contribution in [0.4, 0.5) is 18.9 Å². The van der Waals surface area contributed by atoms with Crippen molar-refractivity contribution in [1.29, 1.82) is 0 Å². The van der Waals surface area contributed by atoms with E-state index in [-0.39, 0.29) is 29.3 Å². The molecule has 1 aromatic heterocycles. The van der Waals surface area contributed by atoms with Crippen molar-refractivity contribution in [2.24, 2.45) is 11.1 Å². The molecule has 0 radical (unpaired) electrons. The van der Waals surface area contributed by atoms with Crippen LogP contribution in [-0.4, -0.2) is 23.8 Å². The van der Waals surface area contributed by atoms with Gasteiger partial charge in [-0.25, -0.2) is 4.79 Å². The van der Waals surface area contributed by atoms with Crippen LogP contribution in [0.2, 0.25) is 0 Å². The molecule has 0 saturated carbocycles. The SMILES string of the molecule is COC(=O)C1=C(N)N(c2cccc(C(F)(F)F)c2)C2=C(C(=O)CC(C)(C)C2)C1c1cccnc1. The number of rotatable bonds is 3. The first-order valence-electron chi connectivity index (χ1n) is 10.7. The third-order valence-corrected chi connectivity index (χ3v) is 6.12. The number of hydrogen-bond donors (Lipinski definition) is 1. The van der Waals surface area contributed by atoms with Crippen molar-refractivity contribution in [3.8, 4) is 0 Å². The first-order chi connectivity index (χ1) is 15.9. The van der Waals surface area contributed by atoms with Crippen LogP contribution in [0.15, 0.2) is 71.5 Å². The molecule has 1 aliphatic heterocycles. The number of aromatic nitrogens is 1. The Balaban J connectivity index is 2.03. The summed E-state index contributed by atoms with van der Waals surface area (Å²) >= 11 is 0. The lowest BCUT2D eigenvalue weighted by Crippen LogP contribution is -2.43. The van der Waals surface area contributed by atoms with Crippen molar-refractivity contribution >= 4 is 17.4 Å². The lowest BCUT2D eigenvalue weighted by atomic mass is 9.68. The van der Waals surface area contributed by atoms with E-state index in [0.29, 0.717) is 23.3 Å². The summed E-state index contributed by atoms with van der Waals surface area (Å²) in [6.07, 6.45) is -0.887. The minimum absolute atomic E-state index is 0.0142. The number of allylic oxidation sites excluding steroid dienone is 2. The molecule has 0 spiro atoms. The summed E-state index contributed by atoms with van der Waals surface area (Å²) in [5, 5.41) is 0. The van der Waals surface area contributed by atoms with Crippen molar-refractivity contribution in [2.75, 3.05) is 12.0 Å². The highest BCUT2D eigenvalue weighted by Gasteiger charge is 2.46. The first-order valence-corrected chi connectivity index (χ1v) is 10.7. The van der Waals surface area contributed by atoms with Crippen molar-refractivity contribution < 1.29 is 27.5 Å². The van der Waals surface area contributed by atoms with Crippen LogP contribution in [0.5, 0.6) is 0 Å². The zero-order chi connectivity index (χ0) is 24.8. The Bertz CT molecular complexity index is 1220. The maximum Gasteiger partial charge on any atom is 0.416 e. The molecular formula is C25H24F3N3O3. The van der Waals surface area contributed by atoms with E-state index in [9.17, 15) is 22.8 Å². The normalized spacial score (nSPS) is 20.4. The summed E-state index contributed by atoms with van der Waals surface area (Å²) in [7, 11) is 1.19. The number of ether oxygens (including phenoxy) is 1. The van der Waals surface area contributed by atoms with Crippen molar-refractivity contribution in [3.63, 3.8) is 0 Å². The van der Waals surface area contributed by atoms with Gasteiger partial charge in [0.1, 0.15) is 5.82 Å². The molecule has 0 amide bonds. The molecule has 4 rings (SSSR count). The Kier molecular flexibility index (Phi) is 5.75. The number of halogens is 3. The maximum atomic E-state index is 13.5. The molecule has 2 heterocycles. The van der Waals surface area contributed by atoms with Gasteiger partial charge in [0.05, 0.1) is 24.2 Å². The third-order valence-electron chi connectivity index (χ3n) is 6.12. The minimum Gasteiger partial charge on any atom is -0.466 e. The van der Waals surface area contributed by atoms with E-state index in [1.165, 1.54) is 24.1 Å². The number of anilines is 1. The van der Waals surface area contributed by atoms with Crippen molar-refractivity contribution in [1.82, 2.24) is 4.98 Å². The third kappa shape index (κ3) is 4.06. The average Bonchev–Trinajstić information content (AvgIpc) is 2.77. The number of nitrogens with two attached hydrogens (primary N) is 1. The van der Waals surface area contributed by atoms with Crippen molar-refractivity contribution in [2.45, 2.75) is 38.8 Å². The standard InChI is InChI=1S/C25H24F3N3O3/c1-24(2)11-17-20(18(32)12-24)19(14-6-5-9-30-13-14)21(23(33)34-3)22(29)31(17)16-8-4-7-15(10-16)25(26,27)28/h4-10,13,19H,11-12,29H2,1-3H3. The molecule has 0 bridgehead atoms. The molecule has 2 aromatic rings. The summed E-state index contributed by atoms with van der Waals surface area (Å²) in [4.78, 5) is 32.0. The number of carbonyl (C=O) groups is 2. The Hall–Kier alpha value is -3.62. The highest BCUT2D eigenvalue weighted by Crippen LogP contribution is 2.50. The lowest BCUT2D eigenvalue weighted by molar-refractivity contribution is -0.138. The molecule has 1 aromatic carbocycles. The molecule has 1 atom stereocenters. The quantitative estimate of drug-likeness (QED) is 0.654. The number of alkyl halides is 3. The molecular weight excluding hydrogens is 447 g/mol. The number of benzene rings is 1. The van der Waals surface area contributed by atoms with Crippen LogP contribution < -0.4 is 10.6 Å². The molecule has 6 nitrogen and oxygen atoms in total. The minimum atomic E-state index is -4.58. The van der Waals surface area contributed by atoms with Crippen LogP contribution in [0.1, 0.15) is 43.7 Å². The average molecular weight is 471 g/mol. The molecule has 178 valence electrons. The van der Waals surface area contributed by atoms with E-state index in [4.69, 9.17) is 10.5 Å². The Morgan fingerprint density at radius 2 is 1.94 bits per heavy atom. The van der Waals surface area contributed by atoms with E-state index < -0.39 is 29.0 Å². The zero-order valence-electron chi connectivity index (χ0n) is 18.9. The number of pyridine rings is 1. The van der Waals surface area contributed by atoms with Crippen LogP contribution in [-0.2, 0) is 20.5 Å². The number of esters is 1. The number of ketones is 1. The number of Topliss-reactive ketones (excluding diaryl/α,β-unsaturated/α-hetero) is 1. The first kappa shape index (κ1) is 23.5. The molecule has 0 saturated heterocycles. The van der Waals surface area contributed by atoms with Gasteiger partial charge in [-0.05, 0) is 41.7 Å². The van der Waals surface area contributed by atoms with Gasteiger partial charge in [-0.1, -0.05) is 26.0 Å². The molecule has 34 heavy (non-hydrogen) atoms. The van der Waals surface area contributed by atoms with Crippen molar-refractivity contribution in [3.05, 3.63) is 82.6 Å². The Morgan fingerprint density at radius 1 is 1.21 bits per heavy atom. The molecule has 1 unspecified atom stereocenters. The van der Waals surface area contributed by atoms with Gasteiger partial charge < -0.3 is 10.5 Å². The fraction of sp³-hybridized carbons (Fsp3) is 0.320. The van der Waals surface area contributed by atoms with Gasteiger partial charge >= 0.3 is 12.1 Å². The van der Waals surface area contributed by atoms with Gasteiger partial charge in [0.25, 0.3) is 0 Å². The van der Waals surface area contributed by atoms with E-state index in [1.54, 1.807) is 24.5 Å². The number of nitrogens with zero attached hydrogens (tertiary/aromatic N) is 2. The van der Waals surface area contributed by atoms with Crippen LogP contribution in [0.3, 0.4) is 0 Å². The summed E-state index contributed by atoms with van der Waals surface area (Å²) in [6, 6.07) is 8.06. The largest absolute Gasteiger partial charge is 0.466 e. The maximum absolute atomic E-state index is 13.5. The van der Waals surface area contributed by atoms with Gasteiger partial charge in [0, 0.05) is 35.8 Å². The van der Waals surface area contributed by atoms with Crippen LogP contribution in [0.25, 0.3) is 0 Å². The number of carbonyl (C=O) groups excluding carboxylic acids is 2. The van der Waals surface area contributed by atoms with E-state index >= 15 is 0 Å². The Morgan fingerprint density at radius 3 is 2.56 bits per heavy atom. The van der Waals surface area contributed by atoms with E-state index in [2.05, 4.69) is 4.98 Å². The second kappa shape index (κ2) is 8.30. The fourth-order valence-corrected chi connectivity index (χ4v) is 4.72. The molecule has 9 heteroatoms. The second-order valence-corrected chi connectivity index (χ2v) is 9.19. The monoisotopic (exact) mass is 471 g/mol. The molecule has 1 aliphatic carbocycles.